The van der Waals surface area contributed by atoms with Gasteiger partial charge in [0.05, 0.1) is 25.3 Å². The second-order valence-electron chi connectivity index (χ2n) is 4.75. The first-order valence-electron chi connectivity index (χ1n) is 7.00. The summed E-state index contributed by atoms with van der Waals surface area (Å²) < 4.78 is 47.8. The van der Waals surface area contributed by atoms with Crippen molar-refractivity contribution in [1.29, 1.82) is 0 Å². The van der Waals surface area contributed by atoms with E-state index in [9.17, 15) is 27.6 Å². The van der Waals surface area contributed by atoms with Gasteiger partial charge in [0.25, 0.3) is 5.91 Å². The van der Waals surface area contributed by atoms with Crippen molar-refractivity contribution in [2.45, 2.75) is 18.6 Å². The summed E-state index contributed by atoms with van der Waals surface area (Å²) in [5.74, 6) is -2.64. The zero-order chi connectivity index (χ0) is 19.0. The zero-order valence-electron chi connectivity index (χ0n) is 13.4. The Kier molecular flexibility index (Phi) is 7.16. The summed E-state index contributed by atoms with van der Waals surface area (Å²) in [6, 6.07) is 2.92. The summed E-state index contributed by atoms with van der Waals surface area (Å²) in [5.41, 5.74) is -1.75. The fourth-order valence-corrected chi connectivity index (χ4v) is 1.89. The highest BCUT2D eigenvalue weighted by Gasteiger charge is 2.35. The number of nitrogens with one attached hydrogen (secondary N) is 1. The maximum absolute atomic E-state index is 13.0. The van der Waals surface area contributed by atoms with Crippen molar-refractivity contribution in [2.75, 3.05) is 14.2 Å². The molecule has 0 bridgehead atoms. The molecule has 1 amide bonds. The predicted octanol–water partition coefficient (Wildman–Crippen LogP) is 2.10. The lowest BCUT2D eigenvalue weighted by atomic mass is 10.1. The van der Waals surface area contributed by atoms with Crippen LogP contribution in [0.3, 0.4) is 0 Å². The third kappa shape index (κ3) is 5.94. The number of methoxy groups -OCH3 is 2. The van der Waals surface area contributed by atoms with Gasteiger partial charge in [0, 0.05) is 6.08 Å². The lowest BCUT2D eigenvalue weighted by Gasteiger charge is -2.17. The molecule has 0 aliphatic carbocycles. The van der Waals surface area contributed by atoms with Crippen molar-refractivity contribution < 1.29 is 37.0 Å². The fourth-order valence-electron chi connectivity index (χ4n) is 1.89. The monoisotopic (exact) mass is 359 g/mol. The quantitative estimate of drug-likeness (QED) is 0.621. The van der Waals surface area contributed by atoms with Crippen LogP contribution in [0.4, 0.5) is 13.2 Å². The molecule has 1 atom stereocenters. The summed E-state index contributed by atoms with van der Waals surface area (Å²) in [4.78, 5) is 34.9. The van der Waals surface area contributed by atoms with E-state index < -0.39 is 41.2 Å². The normalized spacial score (nSPS) is 12.5. The number of benzene rings is 1. The molecule has 0 aliphatic rings. The van der Waals surface area contributed by atoms with Gasteiger partial charge in [0.1, 0.15) is 6.04 Å². The van der Waals surface area contributed by atoms with Crippen LogP contribution in [0.15, 0.2) is 36.4 Å². The summed E-state index contributed by atoms with van der Waals surface area (Å²) >= 11 is 0. The molecule has 1 aromatic rings. The van der Waals surface area contributed by atoms with E-state index >= 15 is 0 Å². The van der Waals surface area contributed by atoms with Crippen molar-refractivity contribution in [3.05, 3.63) is 47.5 Å². The Balaban J connectivity index is 2.98. The minimum Gasteiger partial charge on any atom is -0.467 e. The fraction of sp³-hybridized carbons (Fsp3) is 0.312. The highest BCUT2D eigenvalue weighted by atomic mass is 19.4. The van der Waals surface area contributed by atoms with E-state index in [2.05, 4.69) is 14.8 Å². The first kappa shape index (κ1) is 20.2. The van der Waals surface area contributed by atoms with E-state index in [0.717, 1.165) is 38.5 Å². The molecule has 0 fully saturated rings. The van der Waals surface area contributed by atoms with Crippen LogP contribution in [-0.4, -0.2) is 38.1 Å². The Morgan fingerprint density at radius 3 is 2.36 bits per heavy atom. The number of amides is 1. The molecule has 0 aliphatic heterocycles. The number of alkyl halides is 3. The average Bonchev–Trinajstić information content (AvgIpc) is 2.59. The minimum absolute atomic E-state index is 0.165. The van der Waals surface area contributed by atoms with Gasteiger partial charge in [0.2, 0.25) is 0 Å². The molecule has 9 heteroatoms. The second-order valence-corrected chi connectivity index (χ2v) is 4.75. The van der Waals surface area contributed by atoms with Gasteiger partial charge in [-0.05, 0) is 18.6 Å². The number of esters is 2. The standard InChI is InChI=1S/C16H16F3NO5/c1-24-13(21)9-5-8-12(15(23)25-2)20-14(22)10-6-3-4-7-11(10)16(17,18)19/h3-7,9,12H,8H2,1-2H3,(H,20,22)/b9-5+/t12-/m1/s1. The van der Waals surface area contributed by atoms with E-state index in [0.29, 0.717) is 0 Å². The molecule has 25 heavy (non-hydrogen) atoms. The predicted molar refractivity (Wildman–Crippen MR) is 80.5 cm³/mol. The second kappa shape index (κ2) is 8.86. The Morgan fingerprint density at radius 1 is 1.16 bits per heavy atom. The topological polar surface area (TPSA) is 81.7 Å². The van der Waals surface area contributed by atoms with Gasteiger partial charge in [-0.2, -0.15) is 13.2 Å². The Bertz CT molecular complexity index is 670. The van der Waals surface area contributed by atoms with Crippen molar-refractivity contribution in [1.82, 2.24) is 5.32 Å². The van der Waals surface area contributed by atoms with Crippen LogP contribution in [0.5, 0.6) is 0 Å². The Morgan fingerprint density at radius 2 is 1.80 bits per heavy atom. The summed E-state index contributed by atoms with van der Waals surface area (Å²) in [5, 5.41) is 2.17. The lowest BCUT2D eigenvalue weighted by Crippen LogP contribution is -2.41. The van der Waals surface area contributed by atoms with Crippen molar-refractivity contribution >= 4 is 17.8 Å². The molecule has 6 nitrogen and oxygen atoms in total. The van der Waals surface area contributed by atoms with Crippen LogP contribution in [0, 0.1) is 0 Å². The van der Waals surface area contributed by atoms with E-state index in [-0.39, 0.29) is 6.42 Å². The molecule has 0 unspecified atom stereocenters. The minimum atomic E-state index is -4.72. The van der Waals surface area contributed by atoms with Gasteiger partial charge in [-0.1, -0.05) is 18.2 Å². The molecule has 0 spiro atoms. The molecule has 1 aromatic carbocycles. The van der Waals surface area contributed by atoms with E-state index in [1.54, 1.807) is 0 Å². The van der Waals surface area contributed by atoms with Crippen LogP contribution in [0.25, 0.3) is 0 Å². The van der Waals surface area contributed by atoms with E-state index in [4.69, 9.17) is 0 Å². The van der Waals surface area contributed by atoms with Crippen LogP contribution in [-0.2, 0) is 25.2 Å². The van der Waals surface area contributed by atoms with E-state index in [1.807, 2.05) is 0 Å². The number of carbonyl (C=O) groups excluding carboxylic acids is 3. The van der Waals surface area contributed by atoms with Crippen molar-refractivity contribution in [3.63, 3.8) is 0 Å². The summed E-state index contributed by atoms with van der Waals surface area (Å²) in [6.07, 6.45) is -2.63. The molecule has 0 heterocycles. The molecular formula is C16H16F3NO5. The van der Waals surface area contributed by atoms with E-state index in [1.165, 1.54) is 12.1 Å². The van der Waals surface area contributed by atoms with Gasteiger partial charge in [-0.25, -0.2) is 9.59 Å². The first-order chi connectivity index (χ1) is 11.7. The van der Waals surface area contributed by atoms with Gasteiger partial charge < -0.3 is 14.8 Å². The van der Waals surface area contributed by atoms with Gasteiger partial charge >= 0.3 is 18.1 Å². The molecule has 0 saturated carbocycles. The maximum atomic E-state index is 13.0. The number of hydrogen-bond donors (Lipinski definition) is 1. The zero-order valence-corrected chi connectivity index (χ0v) is 13.4. The van der Waals surface area contributed by atoms with Gasteiger partial charge in [-0.15, -0.1) is 0 Å². The molecule has 0 aromatic heterocycles. The Hall–Kier alpha value is -2.84. The SMILES string of the molecule is COC(=O)/C=C/C[C@@H](NC(=O)c1ccccc1C(F)(F)F)C(=O)OC. The molecule has 136 valence electrons. The molecule has 0 radical (unpaired) electrons. The summed E-state index contributed by atoms with van der Waals surface area (Å²) in [7, 11) is 2.22. The molecule has 1 rings (SSSR count). The van der Waals surface area contributed by atoms with Crippen LogP contribution in [0.2, 0.25) is 0 Å². The number of ether oxygens (including phenoxy) is 2. The van der Waals surface area contributed by atoms with Crippen LogP contribution >= 0.6 is 0 Å². The third-order valence-electron chi connectivity index (χ3n) is 3.10. The number of hydrogen-bond acceptors (Lipinski definition) is 5. The molecule has 1 N–H and O–H groups in total. The number of halogens is 3. The highest BCUT2D eigenvalue weighted by Crippen LogP contribution is 2.31. The smallest absolute Gasteiger partial charge is 0.417 e. The number of rotatable bonds is 6. The summed E-state index contributed by atoms with van der Waals surface area (Å²) in [6.45, 7) is 0. The van der Waals surface area contributed by atoms with Crippen molar-refractivity contribution in [2.24, 2.45) is 0 Å². The molecular weight excluding hydrogens is 343 g/mol. The third-order valence-corrected chi connectivity index (χ3v) is 3.10. The largest absolute Gasteiger partial charge is 0.467 e. The molecule has 0 saturated heterocycles. The highest BCUT2D eigenvalue weighted by molar-refractivity contribution is 5.98. The van der Waals surface area contributed by atoms with Gasteiger partial charge in [0.15, 0.2) is 0 Å². The van der Waals surface area contributed by atoms with Gasteiger partial charge in [-0.3, -0.25) is 4.79 Å². The number of carbonyl (C=O) groups is 3. The lowest BCUT2D eigenvalue weighted by molar-refractivity contribution is -0.143. The van der Waals surface area contributed by atoms with Crippen LogP contribution in [0.1, 0.15) is 22.3 Å². The average molecular weight is 359 g/mol. The Labute approximate surface area is 141 Å². The van der Waals surface area contributed by atoms with Crippen molar-refractivity contribution in [3.8, 4) is 0 Å². The first-order valence-corrected chi connectivity index (χ1v) is 7.00. The van der Waals surface area contributed by atoms with Crippen LogP contribution < -0.4 is 5.32 Å². The maximum Gasteiger partial charge on any atom is 0.417 e.